The summed E-state index contributed by atoms with van der Waals surface area (Å²) < 4.78 is 16.8. The number of benzene rings is 2. The van der Waals surface area contributed by atoms with Crippen molar-refractivity contribution in [3.05, 3.63) is 60.4 Å². The van der Waals surface area contributed by atoms with Crippen molar-refractivity contribution >= 4 is 16.9 Å². The van der Waals surface area contributed by atoms with Gasteiger partial charge >= 0.3 is 0 Å². The molecular formula is C20H21NO4. The first-order chi connectivity index (χ1) is 12.2. The molecule has 0 aliphatic rings. The lowest BCUT2D eigenvalue weighted by molar-refractivity contribution is -0.123. The van der Waals surface area contributed by atoms with E-state index in [-0.39, 0.29) is 18.6 Å². The summed E-state index contributed by atoms with van der Waals surface area (Å²) in [7, 11) is 0. The second-order valence-corrected chi connectivity index (χ2v) is 5.64. The van der Waals surface area contributed by atoms with E-state index in [4.69, 9.17) is 13.9 Å². The second-order valence-electron chi connectivity index (χ2n) is 5.64. The molecule has 0 radical (unpaired) electrons. The maximum absolute atomic E-state index is 12.2. The van der Waals surface area contributed by atoms with Crippen LogP contribution in [-0.2, 0) is 4.79 Å². The molecule has 1 atom stereocenters. The Kier molecular flexibility index (Phi) is 5.23. The van der Waals surface area contributed by atoms with Crippen molar-refractivity contribution in [1.82, 2.24) is 5.32 Å². The van der Waals surface area contributed by atoms with E-state index in [1.54, 1.807) is 6.07 Å². The summed E-state index contributed by atoms with van der Waals surface area (Å²) in [5.74, 6) is 1.67. The third-order valence-electron chi connectivity index (χ3n) is 3.76. The average molecular weight is 339 g/mol. The number of para-hydroxylation sites is 3. The first-order valence-electron chi connectivity index (χ1n) is 8.30. The van der Waals surface area contributed by atoms with Gasteiger partial charge in [-0.1, -0.05) is 30.3 Å². The Bertz CT molecular complexity index is 823. The van der Waals surface area contributed by atoms with Crippen molar-refractivity contribution in [2.75, 3.05) is 13.2 Å². The molecule has 1 N–H and O–H groups in total. The first kappa shape index (κ1) is 16.9. The SMILES string of the molecule is CCOc1ccccc1OCC(=O)N[C@@H](C)c1cc2ccccc2o1. The van der Waals surface area contributed by atoms with E-state index < -0.39 is 0 Å². The Balaban J connectivity index is 1.59. The van der Waals surface area contributed by atoms with Crippen LogP contribution in [0, 0.1) is 0 Å². The molecule has 2 aromatic carbocycles. The Morgan fingerprint density at radius 1 is 1.08 bits per heavy atom. The van der Waals surface area contributed by atoms with E-state index in [1.807, 2.05) is 62.4 Å². The van der Waals surface area contributed by atoms with Gasteiger partial charge in [0.1, 0.15) is 11.3 Å². The average Bonchev–Trinajstić information content (AvgIpc) is 3.05. The van der Waals surface area contributed by atoms with Crippen LogP contribution < -0.4 is 14.8 Å². The number of fused-ring (bicyclic) bond motifs is 1. The summed E-state index contributed by atoms with van der Waals surface area (Å²) in [6.07, 6.45) is 0. The monoisotopic (exact) mass is 339 g/mol. The molecule has 0 saturated heterocycles. The molecule has 1 amide bonds. The molecule has 5 heteroatoms. The van der Waals surface area contributed by atoms with Crippen LogP contribution >= 0.6 is 0 Å². The van der Waals surface area contributed by atoms with Gasteiger partial charge in [0.25, 0.3) is 5.91 Å². The smallest absolute Gasteiger partial charge is 0.258 e. The second kappa shape index (κ2) is 7.75. The van der Waals surface area contributed by atoms with Gasteiger partial charge in [0, 0.05) is 5.39 Å². The van der Waals surface area contributed by atoms with Gasteiger partial charge in [0.2, 0.25) is 0 Å². The van der Waals surface area contributed by atoms with E-state index in [2.05, 4.69) is 5.32 Å². The van der Waals surface area contributed by atoms with Gasteiger partial charge in [-0.2, -0.15) is 0 Å². The zero-order valence-electron chi connectivity index (χ0n) is 14.3. The molecule has 3 rings (SSSR count). The van der Waals surface area contributed by atoms with E-state index >= 15 is 0 Å². The molecule has 1 heterocycles. The maximum atomic E-state index is 12.2. The number of hydrogen-bond acceptors (Lipinski definition) is 4. The molecule has 0 spiro atoms. The van der Waals surface area contributed by atoms with E-state index in [9.17, 15) is 4.79 Å². The van der Waals surface area contributed by atoms with Crippen molar-refractivity contribution in [3.8, 4) is 11.5 Å². The van der Waals surface area contributed by atoms with Crippen LogP contribution in [-0.4, -0.2) is 19.1 Å². The van der Waals surface area contributed by atoms with Crippen LogP contribution in [0.5, 0.6) is 11.5 Å². The lowest BCUT2D eigenvalue weighted by Crippen LogP contribution is -2.31. The van der Waals surface area contributed by atoms with Crippen molar-refractivity contribution in [3.63, 3.8) is 0 Å². The highest BCUT2D eigenvalue weighted by atomic mass is 16.5. The normalized spacial score (nSPS) is 11.9. The minimum Gasteiger partial charge on any atom is -0.490 e. The fraction of sp³-hybridized carbons (Fsp3) is 0.250. The summed E-state index contributed by atoms with van der Waals surface area (Å²) in [6, 6.07) is 16.7. The Morgan fingerprint density at radius 2 is 1.76 bits per heavy atom. The lowest BCUT2D eigenvalue weighted by atomic mass is 10.2. The summed E-state index contributed by atoms with van der Waals surface area (Å²) in [4.78, 5) is 12.2. The molecule has 25 heavy (non-hydrogen) atoms. The minimum atomic E-state index is -0.245. The summed E-state index contributed by atoms with van der Waals surface area (Å²) in [6.45, 7) is 4.23. The molecule has 130 valence electrons. The number of rotatable bonds is 7. The lowest BCUT2D eigenvalue weighted by Gasteiger charge is -2.14. The minimum absolute atomic E-state index is 0.0886. The topological polar surface area (TPSA) is 60.7 Å². The number of hydrogen-bond donors (Lipinski definition) is 1. The largest absolute Gasteiger partial charge is 0.490 e. The van der Waals surface area contributed by atoms with Crippen molar-refractivity contribution in [2.45, 2.75) is 19.9 Å². The van der Waals surface area contributed by atoms with Crippen molar-refractivity contribution in [2.24, 2.45) is 0 Å². The highest BCUT2D eigenvalue weighted by Gasteiger charge is 2.15. The Labute approximate surface area is 146 Å². The number of furan rings is 1. The molecular weight excluding hydrogens is 318 g/mol. The van der Waals surface area contributed by atoms with Gasteiger partial charge in [-0.3, -0.25) is 4.79 Å². The standard InChI is InChI=1S/C20H21NO4/c1-3-23-17-10-6-7-11-18(17)24-13-20(22)21-14(2)19-12-15-8-4-5-9-16(15)25-19/h4-12,14H,3,13H2,1-2H3,(H,21,22)/t14-/m0/s1. The molecule has 5 nitrogen and oxygen atoms in total. The van der Waals surface area contributed by atoms with Gasteiger partial charge in [0.15, 0.2) is 18.1 Å². The summed E-state index contributed by atoms with van der Waals surface area (Å²) in [5, 5.41) is 3.89. The molecule has 0 aliphatic heterocycles. The van der Waals surface area contributed by atoms with Crippen molar-refractivity contribution in [1.29, 1.82) is 0 Å². The fourth-order valence-corrected chi connectivity index (χ4v) is 2.56. The number of amides is 1. The van der Waals surface area contributed by atoms with Gasteiger partial charge < -0.3 is 19.2 Å². The summed E-state index contributed by atoms with van der Waals surface area (Å²) >= 11 is 0. The predicted molar refractivity (Wildman–Crippen MR) is 95.9 cm³/mol. The van der Waals surface area contributed by atoms with Gasteiger partial charge in [-0.25, -0.2) is 0 Å². The van der Waals surface area contributed by atoms with Crippen LogP contribution in [0.1, 0.15) is 25.6 Å². The Hall–Kier alpha value is -2.95. The van der Waals surface area contributed by atoms with Crippen LogP contribution in [0.15, 0.2) is 59.0 Å². The zero-order chi connectivity index (χ0) is 17.6. The fourth-order valence-electron chi connectivity index (χ4n) is 2.56. The van der Waals surface area contributed by atoms with E-state index in [1.165, 1.54) is 0 Å². The van der Waals surface area contributed by atoms with E-state index in [0.29, 0.717) is 23.9 Å². The van der Waals surface area contributed by atoms with E-state index in [0.717, 1.165) is 11.0 Å². The highest BCUT2D eigenvalue weighted by Crippen LogP contribution is 2.26. The third-order valence-corrected chi connectivity index (χ3v) is 3.76. The molecule has 0 saturated carbocycles. The number of ether oxygens (including phenoxy) is 2. The molecule has 0 bridgehead atoms. The number of carbonyl (C=O) groups excluding carboxylic acids is 1. The molecule has 1 aromatic heterocycles. The number of nitrogens with one attached hydrogen (secondary N) is 1. The van der Waals surface area contributed by atoms with Crippen LogP contribution in [0.4, 0.5) is 0 Å². The third kappa shape index (κ3) is 4.12. The quantitative estimate of drug-likeness (QED) is 0.704. The summed E-state index contributed by atoms with van der Waals surface area (Å²) in [5.41, 5.74) is 0.806. The highest BCUT2D eigenvalue weighted by molar-refractivity contribution is 5.79. The van der Waals surface area contributed by atoms with Crippen molar-refractivity contribution < 1.29 is 18.7 Å². The van der Waals surface area contributed by atoms with Gasteiger partial charge in [0.05, 0.1) is 12.6 Å². The van der Waals surface area contributed by atoms with Crippen LogP contribution in [0.3, 0.4) is 0 Å². The Morgan fingerprint density at radius 3 is 2.48 bits per heavy atom. The van der Waals surface area contributed by atoms with Gasteiger partial charge in [-0.15, -0.1) is 0 Å². The molecule has 0 unspecified atom stereocenters. The molecule has 0 fully saturated rings. The van der Waals surface area contributed by atoms with Crippen LogP contribution in [0.25, 0.3) is 11.0 Å². The predicted octanol–water partition coefficient (Wildman–Crippen LogP) is 4.09. The maximum Gasteiger partial charge on any atom is 0.258 e. The number of carbonyl (C=O) groups is 1. The van der Waals surface area contributed by atoms with Crippen LogP contribution in [0.2, 0.25) is 0 Å². The first-order valence-corrected chi connectivity index (χ1v) is 8.30. The molecule has 0 aliphatic carbocycles. The van der Waals surface area contributed by atoms with Gasteiger partial charge in [-0.05, 0) is 38.1 Å². The molecule has 3 aromatic rings. The zero-order valence-corrected chi connectivity index (χ0v) is 14.3.